The first-order valence-corrected chi connectivity index (χ1v) is 19.8. The van der Waals surface area contributed by atoms with Gasteiger partial charge in [0, 0.05) is 34.4 Å². The van der Waals surface area contributed by atoms with Gasteiger partial charge >= 0.3 is 11.9 Å². The Morgan fingerprint density at radius 3 is 2.27 bits per heavy atom. The van der Waals surface area contributed by atoms with Gasteiger partial charge in [-0.2, -0.15) is 5.26 Å². The van der Waals surface area contributed by atoms with Crippen LogP contribution in [-0.2, 0) is 37.0 Å². The number of methoxy groups -OCH3 is 1. The Labute approximate surface area is 352 Å². The average Bonchev–Trinajstić information content (AvgIpc) is 3.73. The molecule has 14 heteroatoms. The molecule has 2 N–H and O–H groups in total. The molecule has 0 spiro atoms. The molecule has 2 unspecified atom stereocenters. The molecule has 2 amide bonds. The number of nitrogens with zero attached hydrogens (tertiary/aromatic N) is 3. The van der Waals surface area contributed by atoms with E-state index in [4.69, 9.17) is 25.8 Å². The summed E-state index contributed by atoms with van der Waals surface area (Å²) in [4.78, 5) is 69.3. The van der Waals surface area contributed by atoms with Crippen molar-refractivity contribution in [1.82, 2.24) is 14.8 Å². The zero-order valence-electron chi connectivity index (χ0n) is 33.1. The van der Waals surface area contributed by atoms with Gasteiger partial charge in [0.25, 0.3) is 5.56 Å². The normalized spacial score (nSPS) is 14.6. The zero-order valence-corrected chi connectivity index (χ0v) is 33.9. The quantitative estimate of drug-likeness (QED) is 0.102. The number of hydrogen-bond acceptors (Lipinski definition) is 10. The Bertz CT molecular complexity index is 2420. The van der Waals surface area contributed by atoms with Crippen LogP contribution in [0.15, 0.2) is 120 Å². The van der Waals surface area contributed by atoms with Crippen LogP contribution in [-0.4, -0.2) is 65.6 Å². The molecule has 4 aromatic carbocycles. The summed E-state index contributed by atoms with van der Waals surface area (Å²) in [5, 5.41) is 15.6. The molecule has 1 saturated heterocycles. The number of carbonyl (C=O) groups excluding carboxylic acids is 4. The fourth-order valence-electron chi connectivity index (χ4n) is 7.04. The van der Waals surface area contributed by atoms with Crippen molar-refractivity contribution >= 4 is 41.0 Å². The molecule has 13 nitrogen and oxygen atoms in total. The number of likely N-dealkylation sites (tertiary alicyclic amines) is 1. The zero-order chi connectivity index (χ0) is 42.6. The van der Waals surface area contributed by atoms with Crippen LogP contribution >= 0.6 is 11.6 Å². The van der Waals surface area contributed by atoms with Crippen LogP contribution in [0.25, 0.3) is 11.1 Å². The molecule has 1 aromatic heterocycles. The first kappa shape index (κ1) is 42.8. The van der Waals surface area contributed by atoms with Crippen LogP contribution in [0.5, 0.6) is 5.75 Å². The number of anilines is 1. The molecule has 0 radical (unpaired) electrons. The third kappa shape index (κ3) is 10.6. The monoisotopic (exact) mass is 829 g/mol. The molecule has 2 heterocycles. The average molecular weight is 830 g/mol. The molecule has 3 atom stereocenters. The molecule has 0 bridgehead atoms. The number of esters is 2. The fourth-order valence-corrected chi connectivity index (χ4v) is 7.22. The largest absolute Gasteiger partial charge is 0.495 e. The molecule has 6 rings (SSSR count). The molecule has 308 valence electrons. The van der Waals surface area contributed by atoms with Crippen molar-refractivity contribution in [2.45, 2.75) is 57.5 Å². The topological polar surface area (TPSA) is 169 Å². The molecule has 0 saturated carbocycles. The van der Waals surface area contributed by atoms with Crippen molar-refractivity contribution in [2.24, 2.45) is 0 Å². The third-order valence-corrected chi connectivity index (χ3v) is 10.4. The maximum absolute atomic E-state index is 13.6. The number of amides is 2. The second-order valence-electron chi connectivity index (χ2n) is 14.2. The SMILES string of the molecule is CCC(C(=O)Nc1ccc(C(=O)OC[C@H](NC(=O)C2CCCN2Cc2ccccc2)C(=O)OCc2ccccc2)cc1)n1cc(OC)c(-c2cc(Cl)ccc2C#N)cc1=O. The Morgan fingerprint density at radius 2 is 1.60 bits per heavy atom. The molecule has 5 aromatic rings. The van der Waals surface area contributed by atoms with E-state index >= 15 is 0 Å². The van der Waals surface area contributed by atoms with Crippen LogP contribution in [0.4, 0.5) is 5.69 Å². The van der Waals surface area contributed by atoms with Crippen LogP contribution in [0.1, 0.15) is 59.3 Å². The molecule has 0 aliphatic carbocycles. The summed E-state index contributed by atoms with van der Waals surface area (Å²) >= 11 is 6.19. The van der Waals surface area contributed by atoms with Crippen molar-refractivity contribution in [3.05, 3.63) is 153 Å². The molecular weight excluding hydrogens is 786 g/mol. The van der Waals surface area contributed by atoms with Crippen molar-refractivity contribution in [3.63, 3.8) is 0 Å². The summed E-state index contributed by atoms with van der Waals surface area (Å²) in [6.07, 6.45) is 3.09. The second kappa shape index (κ2) is 20.3. The lowest BCUT2D eigenvalue weighted by Gasteiger charge is -2.26. The van der Waals surface area contributed by atoms with Gasteiger partial charge in [-0.15, -0.1) is 0 Å². The number of carbonyl (C=O) groups is 4. The molecule has 1 aliphatic heterocycles. The number of nitrogens with one attached hydrogen (secondary N) is 2. The maximum Gasteiger partial charge on any atom is 0.338 e. The number of aromatic nitrogens is 1. The van der Waals surface area contributed by atoms with E-state index in [9.17, 15) is 29.2 Å². The Hall–Kier alpha value is -6.75. The van der Waals surface area contributed by atoms with Gasteiger partial charge in [0.05, 0.1) is 36.5 Å². The van der Waals surface area contributed by atoms with Gasteiger partial charge in [0.2, 0.25) is 11.8 Å². The molecule has 1 fully saturated rings. The summed E-state index contributed by atoms with van der Waals surface area (Å²) in [5.41, 5.74) is 2.86. The van der Waals surface area contributed by atoms with Gasteiger partial charge in [-0.1, -0.05) is 79.2 Å². The lowest BCUT2D eigenvalue weighted by atomic mass is 10.00. The van der Waals surface area contributed by atoms with Gasteiger partial charge in [-0.3, -0.25) is 23.9 Å². The summed E-state index contributed by atoms with van der Waals surface area (Å²) < 4.78 is 17.9. The summed E-state index contributed by atoms with van der Waals surface area (Å²) in [7, 11) is 1.42. The minimum atomic E-state index is -1.27. The van der Waals surface area contributed by atoms with E-state index in [1.807, 2.05) is 48.5 Å². The number of pyridine rings is 1. The number of benzene rings is 4. The third-order valence-electron chi connectivity index (χ3n) is 10.2. The highest BCUT2D eigenvalue weighted by molar-refractivity contribution is 6.31. The van der Waals surface area contributed by atoms with E-state index in [1.54, 1.807) is 37.3 Å². The van der Waals surface area contributed by atoms with Crippen molar-refractivity contribution in [1.29, 1.82) is 5.26 Å². The maximum atomic E-state index is 13.6. The lowest BCUT2D eigenvalue weighted by molar-refractivity contribution is -0.150. The molecule has 1 aliphatic rings. The van der Waals surface area contributed by atoms with Gasteiger partial charge in [-0.25, -0.2) is 9.59 Å². The number of nitriles is 1. The second-order valence-corrected chi connectivity index (χ2v) is 14.6. The highest BCUT2D eigenvalue weighted by atomic mass is 35.5. The van der Waals surface area contributed by atoms with Crippen molar-refractivity contribution in [3.8, 4) is 22.9 Å². The number of halogens is 1. The summed E-state index contributed by atoms with van der Waals surface area (Å²) in [6.45, 7) is 2.53. The Morgan fingerprint density at radius 1 is 0.900 bits per heavy atom. The highest BCUT2D eigenvalue weighted by Crippen LogP contribution is 2.33. The van der Waals surface area contributed by atoms with E-state index in [-0.39, 0.29) is 30.2 Å². The Balaban J connectivity index is 1.11. The highest BCUT2D eigenvalue weighted by Gasteiger charge is 2.34. The number of rotatable bonds is 16. The van der Waals surface area contributed by atoms with Gasteiger partial charge in [-0.05, 0) is 79.4 Å². The van der Waals surface area contributed by atoms with E-state index < -0.39 is 48.1 Å². The molecular formula is C46H44ClN5O8. The minimum Gasteiger partial charge on any atom is -0.495 e. The van der Waals surface area contributed by atoms with Crippen molar-refractivity contribution in [2.75, 3.05) is 25.6 Å². The van der Waals surface area contributed by atoms with Gasteiger partial charge < -0.3 is 24.8 Å². The summed E-state index contributed by atoms with van der Waals surface area (Å²) in [6, 6.07) is 30.2. The van der Waals surface area contributed by atoms with E-state index in [0.717, 1.165) is 24.1 Å². The van der Waals surface area contributed by atoms with E-state index in [0.29, 0.717) is 40.4 Å². The lowest BCUT2D eigenvalue weighted by Crippen LogP contribution is -2.51. The Kier molecular flexibility index (Phi) is 14.5. The predicted octanol–water partition coefficient (Wildman–Crippen LogP) is 6.69. The van der Waals surface area contributed by atoms with Crippen LogP contribution in [0.3, 0.4) is 0 Å². The van der Waals surface area contributed by atoms with Crippen molar-refractivity contribution < 1.29 is 33.4 Å². The number of hydrogen-bond donors (Lipinski definition) is 2. The first-order valence-electron chi connectivity index (χ1n) is 19.5. The van der Waals surface area contributed by atoms with Crippen LogP contribution < -0.4 is 20.9 Å². The van der Waals surface area contributed by atoms with Crippen LogP contribution in [0.2, 0.25) is 5.02 Å². The standard InChI is InChI=1S/C46H44ClN5O8/c1-3-39(52-27-41(58-2)37(24-42(52)53)36-23-34(47)19-16-33(36)25-48)43(54)49-35-20-17-32(18-21-35)45(56)60-29-38(46(57)59-28-31-13-8-5-9-14-31)50-44(55)40-15-10-22-51(40)26-30-11-6-4-7-12-30/h4-9,11-14,16-21,23-24,27,38-40H,3,10,15,22,26,28-29H2,1-2H3,(H,49,54)(H,50,55)/t38-,39?,40?/m0/s1. The van der Waals surface area contributed by atoms with Gasteiger partial charge in [0.15, 0.2) is 6.04 Å². The first-order chi connectivity index (χ1) is 29.1. The van der Waals surface area contributed by atoms with E-state index in [2.05, 4.69) is 21.6 Å². The van der Waals surface area contributed by atoms with E-state index in [1.165, 1.54) is 48.2 Å². The molecule has 60 heavy (non-hydrogen) atoms. The number of ether oxygens (including phenoxy) is 3. The minimum absolute atomic E-state index is 0.0324. The fraction of sp³-hybridized carbons (Fsp3) is 0.261. The predicted molar refractivity (Wildman–Crippen MR) is 225 cm³/mol. The smallest absolute Gasteiger partial charge is 0.338 e. The van der Waals surface area contributed by atoms with Gasteiger partial charge in [0.1, 0.15) is 25.0 Å². The van der Waals surface area contributed by atoms with Crippen LogP contribution in [0, 0.1) is 11.3 Å². The summed E-state index contributed by atoms with van der Waals surface area (Å²) in [5.74, 6) is -2.12.